The SMILES string of the molecule is C=C(OC1(C)CC(C)(C)OC1=O)C(C)=O. The lowest BCUT2D eigenvalue weighted by atomic mass is 9.95. The number of ketones is 1. The molecule has 1 heterocycles. The molecule has 1 rings (SSSR count). The molecule has 1 atom stereocenters. The van der Waals surface area contributed by atoms with Crippen molar-refractivity contribution in [1.29, 1.82) is 0 Å². The van der Waals surface area contributed by atoms with Crippen LogP contribution < -0.4 is 0 Å². The van der Waals surface area contributed by atoms with Crippen molar-refractivity contribution < 1.29 is 19.1 Å². The summed E-state index contributed by atoms with van der Waals surface area (Å²) in [6, 6.07) is 0. The molecule has 0 aromatic heterocycles. The molecule has 84 valence electrons. The number of esters is 1. The van der Waals surface area contributed by atoms with Gasteiger partial charge in [-0.1, -0.05) is 6.58 Å². The Hall–Kier alpha value is -1.32. The van der Waals surface area contributed by atoms with Gasteiger partial charge in [-0.3, -0.25) is 4.79 Å². The van der Waals surface area contributed by atoms with Gasteiger partial charge in [0, 0.05) is 13.3 Å². The molecule has 15 heavy (non-hydrogen) atoms. The van der Waals surface area contributed by atoms with E-state index in [1.807, 2.05) is 0 Å². The second-order valence-corrected chi connectivity index (χ2v) is 4.64. The lowest BCUT2D eigenvalue weighted by Gasteiger charge is -2.22. The van der Waals surface area contributed by atoms with Crippen LogP contribution in [0, 0.1) is 0 Å². The van der Waals surface area contributed by atoms with Crippen LogP contribution in [0.25, 0.3) is 0 Å². The molecular weight excluding hydrogens is 196 g/mol. The number of rotatable bonds is 3. The van der Waals surface area contributed by atoms with E-state index in [-0.39, 0.29) is 11.5 Å². The molecule has 1 unspecified atom stereocenters. The average Bonchev–Trinajstić information content (AvgIpc) is 2.19. The standard InChI is InChI=1S/C11H16O4/c1-7(12)8(2)14-11(5)6-10(3,4)15-9(11)13/h2,6H2,1,3-5H3. The van der Waals surface area contributed by atoms with Crippen LogP contribution in [0.4, 0.5) is 0 Å². The first-order valence-electron chi connectivity index (χ1n) is 4.79. The zero-order valence-electron chi connectivity index (χ0n) is 9.55. The zero-order chi connectivity index (χ0) is 11.9. The maximum Gasteiger partial charge on any atom is 0.350 e. The van der Waals surface area contributed by atoms with E-state index in [1.165, 1.54) is 6.92 Å². The van der Waals surface area contributed by atoms with Gasteiger partial charge in [-0.2, -0.15) is 0 Å². The maximum atomic E-state index is 11.6. The highest BCUT2D eigenvalue weighted by Crippen LogP contribution is 2.37. The molecule has 1 fully saturated rings. The molecule has 0 aromatic carbocycles. The molecule has 0 spiro atoms. The summed E-state index contributed by atoms with van der Waals surface area (Å²) in [5.41, 5.74) is -1.64. The van der Waals surface area contributed by atoms with E-state index in [2.05, 4.69) is 6.58 Å². The lowest BCUT2D eigenvalue weighted by Crippen LogP contribution is -2.35. The number of carbonyl (C=O) groups excluding carboxylic acids is 2. The Morgan fingerprint density at radius 3 is 2.33 bits per heavy atom. The highest BCUT2D eigenvalue weighted by atomic mass is 16.6. The largest absolute Gasteiger partial charge is 0.473 e. The van der Waals surface area contributed by atoms with Crippen LogP contribution in [0.15, 0.2) is 12.3 Å². The molecular formula is C11H16O4. The molecule has 4 nitrogen and oxygen atoms in total. The second kappa shape index (κ2) is 3.36. The van der Waals surface area contributed by atoms with Crippen LogP contribution >= 0.6 is 0 Å². The predicted molar refractivity (Wildman–Crippen MR) is 54.1 cm³/mol. The Kier molecular flexibility index (Phi) is 2.63. The summed E-state index contributed by atoms with van der Waals surface area (Å²) in [5.74, 6) is -0.740. The minimum absolute atomic E-state index is 0.00727. The van der Waals surface area contributed by atoms with Crippen LogP contribution in [0.2, 0.25) is 0 Å². The predicted octanol–water partition coefficient (Wildman–Crippen LogP) is 1.59. The van der Waals surface area contributed by atoms with Gasteiger partial charge in [-0.25, -0.2) is 4.79 Å². The highest BCUT2D eigenvalue weighted by Gasteiger charge is 2.52. The van der Waals surface area contributed by atoms with E-state index in [1.54, 1.807) is 20.8 Å². The third-order valence-corrected chi connectivity index (χ3v) is 2.30. The average molecular weight is 212 g/mol. The number of Topliss-reactive ketones (excluding diaryl/α,β-unsaturated/α-hetero) is 1. The van der Waals surface area contributed by atoms with Gasteiger partial charge in [0.15, 0.2) is 11.5 Å². The minimum atomic E-state index is -1.09. The van der Waals surface area contributed by atoms with Crippen molar-refractivity contribution in [2.24, 2.45) is 0 Å². The third kappa shape index (κ3) is 2.37. The van der Waals surface area contributed by atoms with Gasteiger partial charge in [0.05, 0.1) is 0 Å². The smallest absolute Gasteiger partial charge is 0.350 e. The molecule has 0 bridgehead atoms. The Balaban J connectivity index is 2.81. The summed E-state index contributed by atoms with van der Waals surface area (Å²) < 4.78 is 10.4. The van der Waals surface area contributed by atoms with Crippen molar-refractivity contribution in [2.75, 3.05) is 0 Å². The normalized spacial score (nSPS) is 28.4. The molecule has 1 saturated heterocycles. The summed E-state index contributed by atoms with van der Waals surface area (Å²) in [4.78, 5) is 22.5. The van der Waals surface area contributed by atoms with Crippen LogP contribution in [-0.2, 0) is 19.1 Å². The Morgan fingerprint density at radius 2 is 2.00 bits per heavy atom. The van der Waals surface area contributed by atoms with Crippen molar-refractivity contribution in [1.82, 2.24) is 0 Å². The molecule has 4 heteroatoms. The Morgan fingerprint density at radius 1 is 1.47 bits per heavy atom. The van der Waals surface area contributed by atoms with Gasteiger partial charge in [-0.05, 0) is 20.8 Å². The van der Waals surface area contributed by atoms with E-state index in [0.717, 1.165) is 0 Å². The highest BCUT2D eigenvalue weighted by molar-refractivity contribution is 5.91. The number of hydrogen-bond donors (Lipinski definition) is 0. The van der Waals surface area contributed by atoms with Gasteiger partial charge in [0.2, 0.25) is 5.60 Å². The van der Waals surface area contributed by atoms with Crippen molar-refractivity contribution in [3.05, 3.63) is 12.3 Å². The van der Waals surface area contributed by atoms with Crippen LogP contribution in [0.5, 0.6) is 0 Å². The fourth-order valence-electron chi connectivity index (χ4n) is 1.70. The minimum Gasteiger partial charge on any atom is -0.473 e. The van der Waals surface area contributed by atoms with Gasteiger partial charge in [0.1, 0.15) is 5.60 Å². The van der Waals surface area contributed by atoms with Gasteiger partial charge in [-0.15, -0.1) is 0 Å². The van der Waals surface area contributed by atoms with E-state index >= 15 is 0 Å². The van der Waals surface area contributed by atoms with Crippen molar-refractivity contribution in [3.8, 4) is 0 Å². The summed E-state index contributed by atoms with van der Waals surface area (Å²) in [7, 11) is 0. The Bertz CT molecular complexity index is 329. The summed E-state index contributed by atoms with van der Waals surface area (Å²) in [6.45, 7) is 10.0. The molecule has 0 saturated carbocycles. The van der Waals surface area contributed by atoms with Crippen LogP contribution in [0.1, 0.15) is 34.1 Å². The quantitative estimate of drug-likeness (QED) is 0.405. The van der Waals surface area contributed by atoms with Gasteiger partial charge >= 0.3 is 5.97 Å². The van der Waals surface area contributed by atoms with Gasteiger partial charge in [0.25, 0.3) is 0 Å². The van der Waals surface area contributed by atoms with E-state index in [4.69, 9.17) is 9.47 Å². The summed E-state index contributed by atoms with van der Waals surface area (Å²) in [5, 5.41) is 0. The molecule has 0 aromatic rings. The zero-order valence-corrected chi connectivity index (χ0v) is 9.55. The number of allylic oxidation sites excluding steroid dienone is 1. The fourth-order valence-corrected chi connectivity index (χ4v) is 1.70. The molecule has 1 aliphatic heterocycles. The first kappa shape index (κ1) is 11.8. The lowest BCUT2D eigenvalue weighted by molar-refractivity contribution is -0.158. The van der Waals surface area contributed by atoms with E-state index in [9.17, 15) is 9.59 Å². The monoisotopic (exact) mass is 212 g/mol. The first-order chi connectivity index (χ1) is 6.66. The summed E-state index contributed by atoms with van der Waals surface area (Å²) >= 11 is 0. The van der Waals surface area contributed by atoms with Crippen molar-refractivity contribution >= 4 is 11.8 Å². The fraction of sp³-hybridized carbons (Fsp3) is 0.636. The number of hydrogen-bond acceptors (Lipinski definition) is 4. The second-order valence-electron chi connectivity index (χ2n) is 4.64. The molecule has 0 radical (unpaired) electrons. The topological polar surface area (TPSA) is 52.6 Å². The van der Waals surface area contributed by atoms with Gasteiger partial charge < -0.3 is 9.47 Å². The number of cyclic esters (lactones) is 1. The molecule has 0 N–H and O–H groups in total. The first-order valence-corrected chi connectivity index (χ1v) is 4.79. The van der Waals surface area contributed by atoms with E-state index < -0.39 is 17.2 Å². The Labute approximate surface area is 89.2 Å². The number of ether oxygens (including phenoxy) is 2. The van der Waals surface area contributed by atoms with E-state index in [0.29, 0.717) is 6.42 Å². The maximum absolute atomic E-state index is 11.6. The van der Waals surface area contributed by atoms with Crippen LogP contribution in [0.3, 0.4) is 0 Å². The number of carbonyl (C=O) groups is 2. The third-order valence-electron chi connectivity index (χ3n) is 2.30. The van der Waals surface area contributed by atoms with Crippen molar-refractivity contribution in [2.45, 2.75) is 45.3 Å². The summed E-state index contributed by atoms with van der Waals surface area (Å²) in [6.07, 6.45) is 0.408. The van der Waals surface area contributed by atoms with Crippen LogP contribution in [-0.4, -0.2) is 23.0 Å². The molecule has 1 aliphatic rings. The molecule has 0 amide bonds. The molecule has 0 aliphatic carbocycles. The van der Waals surface area contributed by atoms with Crippen molar-refractivity contribution in [3.63, 3.8) is 0 Å².